The molecule has 0 aliphatic rings. The van der Waals surface area contributed by atoms with Crippen LogP contribution in [-0.2, 0) is 9.09 Å². The minimum atomic E-state index is -4.50. The van der Waals surface area contributed by atoms with Gasteiger partial charge in [-0.05, 0) is 0 Å². The van der Waals surface area contributed by atoms with E-state index in [1.54, 1.807) is 0 Å². The monoisotopic (exact) mass is 212 g/mol. The predicted octanol–water partition coefficient (Wildman–Crippen LogP) is -2.20. The molecule has 0 fully saturated rings. The van der Waals surface area contributed by atoms with E-state index in [9.17, 15) is 4.57 Å². The summed E-state index contributed by atoms with van der Waals surface area (Å²) in [5, 5.41) is 16.7. The Labute approximate surface area is 106 Å². The molecule has 0 aliphatic carbocycles. The number of rotatable bonds is 4. The van der Waals surface area contributed by atoms with E-state index in [1.807, 2.05) is 0 Å². The van der Waals surface area contributed by atoms with Gasteiger partial charge in [-0.25, -0.2) is 4.57 Å². The molecule has 4 N–H and O–H groups in total. The fraction of sp³-hybridized carbons (Fsp3) is 1.00. The third-order valence-corrected chi connectivity index (χ3v) is 1.13. The molecule has 0 aliphatic heterocycles. The van der Waals surface area contributed by atoms with Crippen LogP contribution < -0.4 is 0 Å². The Morgan fingerprint density at radius 1 is 1.45 bits per heavy atom. The van der Waals surface area contributed by atoms with Gasteiger partial charge in [0.15, 0.2) is 0 Å². The molecule has 1 unspecified atom stereocenters. The average Bonchev–Trinajstić information content (AvgIpc) is 1.81. The Kier molecular flexibility index (Phi) is 9.79. The molecule has 11 heavy (non-hydrogen) atoms. The molecule has 6 nitrogen and oxygen atoms in total. The Bertz CT molecular complexity index is 134. The van der Waals surface area contributed by atoms with E-state index >= 15 is 0 Å². The third-order valence-electron chi connectivity index (χ3n) is 0.646. The van der Waals surface area contributed by atoms with E-state index < -0.39 is 27.1 Å². The van der Waals surface area contributed by atoms with Crippen molar-refractivity contribution in [2.75, 3.05) is 13.2 Å². The van der Waals surface area contributed by atoms with Gasteiger partial charge in [-0.3, -0.25) is 4.52 Å². The van der Waals surface area contributed by atoms with Crippen molar-refractivity contribution >= 4 is 59.2 Å². The fourth-order valence-corrected chi connectivity index (χ4v) is 0.602. The van der Waals surface area contributed by atoms with E-state index in [0.717, 1.165) is 0 Å². The summed E-state index contributed by atoms with van der Waals surface area (Å²) < 4.78 is 13.8. The Morgan fingerprint density at radius 3 is 2.18 bits per heavy atom. The maximum atomic E-state index is 9.93. The number of phosphoric acid groups is 1. The molecule has 0 aromatic rings. The second-order valence-corrected chi connectivity index (χ2v) is 2.86. The zero-order chi connectivity index (χ0) is 8.20. The molecule has 64 valence electrons. The molecular weight excluding hydrogens is 202 g/mol. The van der Waals surface area contributed by atoms with Gasteiger partial charge >= 0.3 is 59.2 Å². The molecule has 8 heteroatoms. The average molecular weight is 212 g/mol. The van der Waals surface area contributed by atoms with Crippen molar-refractivity contribution in [3.8, 4) is 0 Å². The van der Waals surface area contributed by atoms with Crippen molar-refractivity contribution in [2.45, 2.75) is 6.10 Å². The van der Waals surface area contributed by atoms with Crippen molar-refractivity contribution in [3.63, 3.8) is 0 Å². The van der Waals surface area contributed by atoms with Crippen LogP contribution in [0, 0.1) is 0 Å². The molecule has 0 bridgehead atoms. The van der Waals surface area contributed by atoms with Crippen LogP contribution in [-0.4, -0.2) is 90.7 Å². The van der Waals surface area contributed by atoms with Crippen LogP contribution >= 0.6 is 7.82 Å². The zero-order valence-electron chi connectivity index (χ0n) is 5.04. The molecule has 0 amide bonds. The van der Waals surface area contributed by atoms with Gasteiger partial charge in [0.1, 0.15) is 6.10 Å². The quantitative estimate of drug-likeness (QED) is 0.311. The molecule has 0 spiro atoms. The number of phosphoric ester groups is 1. The number of aliphatic hydroxyl groups excluding tert-OH is 2. The molecule has 0 rings (SSSR count). The van der Waals surface area contributed by atoms with Gasteiger partial charge < -0.3 is 20.0 Å². The molecule has 0 saturated carbocycles. The van der Waals surface area contributed by atoms with E-state index in [2.05, 4.69) is 4.52 Å². The van der Waals surface area contributed by atoms with Gasteiger partial charge in [-0.2, -0.15) is 0 Å². The summed E-state index contributed by atoms with van der Waals surface area (Å²) in [6.07, 6.45) is -1.24. The summed E-state index contributed by atoms with van der Waals surface area (Å²) in [7, 11) is -4.50. The summed E-state index contributed by atoms with van der Waals surface area (Å²) >= 11 is 0. The first-order chi connectivity index (χ1) is 4.45. The van der Waals surface area contributed by atoms with E-state index in [4.69, 9.17) is 20.0 Å². The van der Waals surface area contributed by atoms with Crippen LogP contribution in [0.5, 0.6) is 0 Å². The first-order valence-electron chi connectivity index (χ1n) is 2.44. The standard InChI is InChI=1S/C3H9O6P.K.H/c4-1-3(5)2-9-10(6,7)8;;/h3-5H,1-2H2,(H2,6,7,8);;. The molecule has 0 aromatic carbocycles. The second-order valence-electron chi connectivity index (χ2n) is 1.62. The van der Waals surface area contributed by atoms with Crippen molar-refractivity contribution in [1.82, 2.24) is 0 Å². The molecule has 0 saturated heterocycles. The van der Waals surface area contributed by atoms with Gasteiger partial charge in [0.05, 0.1) is 13.2 Å². The first-order valence-corrected chi connectivity index (χ1v) is 3.98. The summed E-state index contributed by atoms with van der Waals surface area (Å²) in [5.41, 5.74) is 0. The van der Waals surface area contributed by atoms with Crippen LogP contribution in [0.25, 0.3) is 0 Å². The second kappa shape index (κ2) is 7.11. The number of hydrogen-bond acceptors (Lipinski definition) is 4. The Balaban J connectivity index is 0. The Hall–Kier alpha value is 1.67. The molecule has 0 radical (unpaired) electrons. The van der Waals surface area contributed by atoms with Gasteiger partial charge in [0.25, 0.3) is 0 Å². The van der Waals surface area contributed by atoms with Crippen molar-refractivity contribution in [1.29, 1.82) is 0 Å². The summed E-state index contributed by atoms with van der Waals surface area (Å²) in [6.45, 7) is -1.15. The van der Waals surface area contributed by atoms with E-state index in [1.165, 1.54) is 0 Å². The predicted molar refractivity (Wildman–Crippen MR) is 38.2 cm³/mol. The molecule has 0 heterocycles. The normalized spacial score (nSPS) is 13.8. The van der Waals surface area contributed by atoms with Crippen LogP contribution in [0.3, 0.4) is 0 Å². The topological polar surface area (TPSA) is 107 Å². The number of aliphatic hydroxyl groups is 2. The third kappa shape index (κ3) is 11.7. The maximum absolute atomic E-state index is 9.93. The Morgan fingerprint density at radius 2 is 1.91 bits per heavy atom. The van der Waals surface area contributed by atoms with E-state index in [-0.39, 0.29) is 51.4 Å². The fourth-order valence-electron chi connectivity index (χ4n) is 0.236. The first kappa shape index (κ1) is 15.2. The van der Waals surface area contributed by atoms with Crippen LogP contribution in [0.4, 0.5) is 0 Å². The molecule has 1 atom stereocenters. The molecule has 0 aromatic heterocycles. The minimum absolute atomic E-state index is 0. The van der Waals surface area contributed by atoms with Crippen LogP contribution in [0.2, 0.25) is 0 Å². The van der Waals surface area contributed by atoms with Crippen LogP contribution in [0.1, 0.15) is 0 Å². The summed E-state index contributed by atoms with van der Waals surface area (Å²) in [4.78, 5) is 16.1. The van der Waals surface area contributed by atoms with Gasteiger partial charge in [-0.1, -0.05) is 0 Å². The van der Waals surface area contributed by atoms with Gasteiger partial charge in [0, 0.05) is 0 Å². The van der Waals surface area contributed by atoms with Gasteiger partial charge in [-0.15, -0.1) is 0 Å². The van der Waals surface area contributed by atoms with Crippen molar-refractivity contribution < 1.29 is 29.1 Å². The summed E-state index contributed by atoms with van der Waals surface area (Å²) in [6, 6.07) is 0. The SMILES string of the molecule is O=P(O)(O)OCC(O)CO.[KH]. The summed E-state index contributed by atoms with van der Waals surface area (Å²) in [5.74, 6) is 0. The van der Waals surface area contributed by atoms with E-state index in [0.29, 0.717) is 0 Å². The van der Waals surface area contributed by atoms with Crippen molar-refractivity contribution in [2.24, 2.45) is 0 Å². The zero-order valence-corrected chi connectivity index (χ0v) is 5.94. The van der Waals surface area contributed by atoms with Gasteiger partial charge in [0.2, 0.25) is 0 Å². The van der Waals surface area contributed by atoms with Crippen LogP contribution in [0.15, 0.2) is 0 Å². The van der Waals surface area contributed by atoms with Crippen molar-refractivity contribution in [3.05, 3.63) is 0 Å². The number of hydrogen-bond donors (Lipinski definition) is 4. The molecular formula is C3H10KO6P.